The normalized spacial score (nSPS) is 9.14. The fourth-order valence-corrected chi connectivity index (χ4v) is 1.01. The summed E-state index contributed by atoms with van der Waals surface area (Å²) in [6.07, 6.45) is 3.14. The Kier molecular flexibility index (Phi) is 4.29. The Labute approximate surface area is 83.5 Å². The minimum absolute atomic E-state index is 0.580. The maximum atomic E-state index is 8.33. The van der Waals surface area contributed by atoms with E-state index in [0.29, 0.717) is 12.3 Å². The minimum atomic E-state index is 0.580. The van der Waals surface area contributed by atoms with Crippen LogP contribution in [0.1, 0.15) is 12.8 Å². The first-order valence-corrected chi connectivity index (χ1v) is 4.47. The van der Waals surface area contributed by atoms with Gasteiger partial charge in [-0.3, -0.25) is 0 Å². The van der Waals surface area contributed by atoms with Crippen LogP contribution in [0.3, 0.4) is 0 Å². The number of unbranched alkanes of at least 4 members (excludes halogenated alkanes) is 1. The Morgan fingerprint density at radius 2 is 2.43 bits per heavy atom. The first kappa shape index (κ1) is 10.3. The standard InChI is InChI=1S/C10H13N3O/c1-14-10-5-4-9(8-13-10)12-7-3-2-6-11/h4-5,8,12H,2-3,7H2,1H3. The van der Waals surface area contributed by atoms with E-state index < -0.39 is 0 Å². The topological polar surface area (TPSA) is 57.9 Å². The van der Waals surface area contributed by atoms with Gasteiger partial charge in [-0.25, -0.2) is 4.98 Å². The van der Waals surface area contributed by atoms with E-state index in [2.05, 4.69) is 16.4 Å². The zero-order chi connectivity index (χ0) is 10.2. The van der Waals surface area contributed by atoms with Crippen LogP contribution >= 0.6 is 0 Å². The van der Waals surface area contributed by atoms with Gasteiger partial charge in [0.1, 0.15) is 0 Å². The van der Waals surface area contributed by atoms with E-state index in [1.165, 1.54) is 0 Å². The van der Waals surface area contributed by atoms with Gasteiger partial charge in [-0.1, -0.05) is 0 Å². The van der Waals surface area contributed by atoms with Crippen molar-refractivity contribution in [2.45, 2.75) is 12.8 Å². The van der Waals surface area contributed by atoms with Gasteiger partial charge >= 0.3 is 0 Å². The molecule has 0 atom stereocenters. The van der Waals surface area contributed by atoms with Crippen molar-refractivity contribution < 1.29 is 4.74 Å². The number of anilines is 1. The number of methoxy groups -OCH3 is 1. The fourth-order valence-electron chi connectivity index (χ4n) is 1.01. The molecule has 0 aliphatic heterocycles. The van der Waals surface area contributed by atoms with Gasteiger partial charge in [-0.15, -0.1) is 0 Å². The highest BCUT2D eigenvalue weighted by molar-refractivity contribution is 5.41. The third kappa shape index (κ3) is 3.31. The molecule has 0 amide bonds. The number of pyridine rings is 1. The van der Waals surface area contributed by atoms with Crippen LogP contribution in [-0.2, 0) is 0 Å². The summed E-state index contributed by atoms with van der Waals surface area (Å²) in [5, 5.41) is 11.5. The highest BCUT2D eigenvalue weighted by Gasteiger charge is 1.93. The van der Waals surface area contributed by atoms with Crippen molar-refractivity contribution in [2.24, 2.45) is 0 Å². The molecule has 74 valence electrons. The van der Waals surface area contributed by atoms with Gasteiger partial charge in [0.05, 0.1) is 25.1 Å². The molecule has 0 aromatic carbocycles. The monoisotopic (exact) mass is 191 g/mol. The molecule has 1 heterocycles. The molecule has 1 aromatic rings. The predicted molar refractivity (Wildman–Crippen MR) is 54.1 cm³/mol. The molecular formula is C10H13N3O. The summed E-state index contributed by atoms with van der Waals surface area (Å²) in [6.45, 7) is 0.793. The quantitative estimate of drug-likeness (QED) is 0.721. The lowest BCUT2D eigenvalue weighted by molar-refractivity contribution is 0.398. The first-order chi connectivity index (χ1) is 6.86. The summed E-state index contributed by atoms with van der Waals surface area (Å²) < 4.78 is 4.93. The van der Waals surface area contributed by atoms with Gasteiger partial charge < -0.3 is 10.1 Å². The van der Waals surface area contributed by atoms with Gasteiger partial charge in [0.15, 0.2) is 0 Å². The summed E-state index contributed by atoms with van der Waals surface area (Å²) in [7, 11) is 1.59. The van der Waals surface area contributed by atoms with Crippen molar-refractivity contribution in [3.05, 3.63) is 18.3 Å². The maximum absolute atomic E-state index is 8.33. The van der Waals surface area contributed by atoms with E-state index >= 15 is 0 Å². The number of nitrogens with one attached hydrogen (secondary N) is 1. The molecular weight excluding hydrogens is 178 g/mol. The van der Waals surface area contributed by atoms with Crippen LogP contribution in [0.25, 0.3) is 0 Å². The molecule has 1 N–H and O–H groups in total. The first-order valence-electron chi connectivity index (χ1n) is 4.47. The number of hydrogen-bond acceptors (Lipinski definition) is 4. The van der Waals surface area contributed by atoms with E-state index in [4.69, 9.17) is 10.00 Å². The molecule has 0 unspecified atom stereocenters. The fraction of sp³-hybridized carbons (Fsp3) is 0.400. The number of aromatic nitrogens is 1. The number of hydrogen-bond donors (Lipinski definition) is 1. The number of rotatable bonds is 5. The van der Waals surface area contributed by atoms with Crippen LogP contribution in [0.4, 0.5) is 5.69 Å². The van der Waals surface area contributed by atoms with Gasteiger partial charge in [-0.2, -0.15) is 5.26 Å². The van der Waals surface area contributed by atoms with E-state index in [9.17, 15) is 0 Å². The Morgan fingerprint density at radius 3 is 3.00 bits per heavy atom. The third-order valence-corrected chi connectivity index (χ3v) is 1.74. The van der Waals surface area contributed by atoms with E-state index in [1.54, 1.807) is 19.4 Å². The lowest BCUT2D eigenvalue weighted by Gasteiger charge is -2.04. The average Bonchev–Trinajstić information content (AvgIpc) is 2.25. The SMILES string of the molecule is COc1ccc(NCCCC#N)cn1. The van der Waals surface area contributed by atoms with Crippen molar-refractivity contribution in [3.8, 4) is 11.9 Å². The minimum Gasteiger partial charge on any atom is -0.481 e. The summed E-state index contributed by atoms with van der Waals surface area (Å²) in [4.78, 5) is 4.05. The van der Waals surface area contributed by atoms with Gasteiger partial charge in [0.2, 0.25) is 5.88 Å². The highest BCUT2D eigenvalue weighted by atomic mass is 16.5. The van der Waals surface area contributed by atoms with Crippen LogP contribution in [0.5, 0.6) is 5.88 Å². The molecule has 0 radical (unpaired) electrons. The van der Waals surface area contributed by atoms with Crippen LogP contribution in [0.2, 0.25) is 0 Å². The molecule has 1 rings (SSSR count). The number of nitriles is 1. The zero-order valence-corrected chi connectivity index (χ0v) is 8.16. The predicted octanol–water partition coefficient (Wildman–Crippen LogP) is 1.81. The van der Waals surface area contributed by atoms with Crippen molar-refractivity contribution in [3.63, 3.8) is 0 Å². The Balaban J connectivity index is 2.33. The molecule has 0 saturated carbocycles. The zero-order valence-electron chi connectivity index (χ0n) is 8.16. The molecule has 4 heteroatoms. The van der Waals surface area contributed by atoms with Crippen molar-refractivity contribution in [1.82, 2.24) is 4.98 Å². The van der Waals surface area contributed by atoms with Crippen LogP contribution in [0, 0.1) is 11.3 Å². The molecule has 1 aromatic heterocycles. The highest BCUT2D eigenvalue weighted by Crippen LogP contribution is 2.10. The lowest BCUT2D eigenvalue weighted by atomic mass is 10.3. The molecule has 4 nitrogen and oxygen atoms in total. The maximum Gasteiger partial charge on any atom is 0.213 e. The van der Waals surface area contributed by atoms with Crippen molar-refractivity contribution in [1.29, 1.82) is 5.26 Å². The Hall–Kier alpha value is -1.76. The van der Waals surface area contributed by atoms with Gasteiger partial charge in [0, 0.05) is 19.0 Å². The average molecular weight is 191 g/mol. The summed E-state index contributed by atoms with van der Waals surface area (Å²) in [5.41, 5.74) is 0.948. The van der Waals surface area contributed by atoms with E-state index in [0.717, 1.165) is 18.7 Å². The molecule has 14 heavy (non-hydrogen) atoms. The van der Waals surface area contributed by atoms with Crippen LogP contribution < -0.4 is 10.1 Å². The molecule has 0 aliphatic carbocycles. The lowest BCUT2D eigenvalue weighted by Crippen LogP contribution is -2.01. The molecule has 0 fully saturated rings. The molecule has 0 aliphatic rings. The number of nitrogens with zero attached hydrogens (tertiary/aromatic N) is 2. The van der Waals surface area contributed by atoms with Crippen molar-refractivity contribution >= 4 is 5.69 Å². The van der Waals surface area contributed by atoms with Gasteiger partial charge in [0.25, 0.3) is 0 Å². The van der Waals surface area contributed by atoms with E-state index in [-0.39, 0.29) is 0 Å². The Morgan fingerprint density at radius 1 is 1.57 bits per heavy atom. The molecule has 0 bridgehead atoms. The second-order valence-corrected chi connectivity index (χ2v) is 2.78. The second-order valence-electron chi connectivity index (χ2n) is 2.78. The summed E-state index contributed by atoms with van der Waals surface area (Å²) >= 11 is 0. The third-order valence-electron chi connectivity index (χ3n) is 1.74. The van der Waals surface area contributed by atoms with Crippen LogP contribution in [-0.4, -0.2) is 18.6 Å². The van der Waals surface area contributed by atoms with Gasteiger partial charge in [-0.05, 0) is 12.5 Å². The summed E-state index contributed by atoms with van der Waals surface area (Å²) in [5.74, 6) is 0.604. The molecule has 0 saturated heterocycles. The Bertz CT molecular complexity index is 302. The van der Waals surface area contributed by atoms with Crippen LogP contribution in [0.15, 0.2) is 18.3 Å². The van der Waals surface area contributed by atoms with E-state index in [1.807, 2.05) is 6.07 Å². The second kappa shape index (κ2) is 5.81. The number of ether oxygens (including phenoxy) is 1. The molecule has 0 spiro atoms. The largest absolute Gasteiger partial charge is 0.481 e. The summed E-state index contributed by atoms with van der Waals surface area (Å²) in [6, 6.07) is 5.80. The smallest absolute Gasteiger partial charge is 0.213 e. The van der Waals surface area contributed by atoms with Crippen molar-refractivity contribution in [2.75, 3.05) is 19.0 Å².